The first kappa shape index (κ1) is 16.7. The van der Waals surface area contributed by atoms with Gasteiger partial charge in [-0.2, -0.15) is 5.10 Å². The van der Waals surface area contributed by atoms with E-state index >= 15 is 0 Å². The molecule has 0 saturated carbocycles. The summed E-state index contributed by atoms with van der Waals surface area (Å²) in [6.45, 7) is 3.25. The molecule has 23 heavy (non-hydrogen) atoms. The quantitative estimate of drug-likeness (QED) is 0.800. The van der Waals surface area contributed by atoms with Crippen molar-refractivity contribution in [1.29, 1.82) is 0 Å². The number of H-pyrrole nitrogens is 1. The minimum absolute atomic E-state index is 0.190. The van der Waals surface area contributed by atoms with Crippen molar-refractivity contribution >= 4 is 15.8 Å². The molecule has 0 aliphatic rings. The molecule has 2 aromatic rings. The number of sulfonamides is 1. The van der Waals surface area contributed by atoms with Crippen LogP contribution >= 0.6 is 0 Å². The Labute approximate surface area is 134 Å². The predicted octanol–water partition coefficient (Wildman–Crippen LogP) is 1.99. The van der Waals surface area contributed by atoms with Crippen LogP contribution in [0.1, 0.15) is 0 Å². The molecular formula is C14H17N3O5S. The smallest absolute Gasteiger partial charge is 0.255 e. The zero-order valence-electron chi connectivity index (χ0n) is 12.9. The summed E-state index contributed by atoms with van der Waals surface area (Å²) in [5, 5.41) is 7.28. The molecule has 0 radical (unpaired) electrons. The maximum atomic E-state index is 11.7. The summed E-state index contributed by atoms with van der Waals surface area (Å²) in [7, 11) is 0.805. The number of hydrogen-bond acceptors (Lipinski definition) is 6. The van der Waals surface area contributed by atoms with E-state index in [2.05, 4.69) is 21.5 Å². The second-order valence-electron chi connectivity index (χ2n) is 4.35. The van der Waals surface area contributed by atoms with Gasteiger partial charge in [-0.15, -0.1) is 0 Å². The first-order chi connectivity index (χ1) is 11.0. The average molecular weight is 339 g/mol. The fourth-order valence-electron chi connectivity index (χ4n) is 2.07. The minimum atomic E-state index is -3.68. The molecule has 0 amide bonds. The van der Waals surface area contributed by atoms with E-state index in [4.69, 9.17) is 14.2 Å². The Morgan fingerprint density at radius 1 is 1.13 bits per heavy atom. The van der Waals surface area contributed by atoms with Gasteiger partial charge >= 0.3 is 0 Å². The molecule has 0 aliphatic heterocycles. The van der Waals surface area contributed by atoms with Crippen molar-refractivity contribution in [2.24, 2.45) is 0 Å². The van der Waals surface area contributed by atoms with Crippen LogP contribution in [-0.2, 0) is 10.0 Å². The van der Waals surface area contributed by atoms with Crippen LogP contribution in [-0.4, -0.2) is 39.9 Å². The highest BCUT2D eigenvalue weighted by molar-refractivity contribution is 7.95. The lowest BCUT2D eigenvalue weighted by molar-refractivity contribution is 0.325. The van der Waals surface area contributed by atoms with Gasteiger partial charge in [0.2, 0.25) is 5.75 Å². The van der Waals surface area contributed by atoms with E-state index in [1.165, 1.54) is 27.5 Å². The molecule has 1 heterocycles. The highest BCUT2D eigenvalue weighted by Gasteiger charge is 2.21. The average Bonchev–Trinajstić information content (AvgIpc) is 3.00. The molecule has 2 rings (SSSR count). The van der Waals surface area contributed by atoms with Crippen molar-refractivity contribution in [3.8, 4) is 28.4 Å². The highest BCUT2D eigenvalue weighted by Crippen LogP contribution is 2.45. The first-order valence-electron chi connectivity index (χ1n) is 6.45. The molecule has 0 atom stereocenters. The highest BCUT2D eigenvalue weighted by atomic mass is 32.2. The van der Waals surface area contributed by atoms with Crippen LogP contribution < -0.4 is 18.9 Å². The Hall–Kier alpha value is -2.68. The number of nitrogens with one attached hydrogen (secondary N) is 2. The van der Waals surface area contributed by atoms with Crippen molar-refractivity contribution in [3.05, 3.63) is 30.3 Å². The second-order valence-corrected chi connectivity index (χ2v) is 5.98. The number of benzene rings is 1. The SMILES string of the molecule is C=CS(=O)(=O)Nc1[nH]ncc1-c1ccc(OC)c(OC)c1OC. The number of aromatic nitrogens is 2. The molecule has 0 bridgehead atoms. The first-order valence-corrected chi connectivity index (χ1v) is 8.00. The predicted molar refractivity (Wildman–Crippen MR) is 86.4 cm³/mol. The Bertz CT molecular complexity index is 814. The van der Waals surface area contributed by atoms with Crippen LogP contribution in [0.5, 0.6) is 17.2 Å². The Kier molecular flexibility index (Phi) is 4.80. The van der Waals surface area contributed by atoms with Gasteiger partial charge in [0.05, 0.1) is 27.5 Å². The molecule has 1 aromatic carbocycles. The van der Waals surface area contributed by atoms with Crippen LogP contribution in [0, 0.1) is 0 Å². The standard InChI is InChI=1S/C14H17N3O5S/c1-5-23(18,19)17-14-10(8-15-16-14)9-6-7-11(20-2)13(22-4)12(9)21-3/h5-8H,1H2,2-4H3,(H2,15,16,17). The van der Waals surface area contributed by atoms with Crippen LogP contribution in [0.2, 0.25) is 0 Å². The lowest BCUT2D eigenvalue weighted by atomic mass is 10.1. The molecule has 0 spiro atoms. The molecule has 8 nitrogen and oxygen atoms in total. The van der Waals surface area contributed by atoms with Crippen molar-refractivity contribution in [1.82, 2.24) is 10.2 Å². The molecule has 124 valence electrons. The Morgan fingerprint density at radius 2 is 1.83 bits per heavy atom. The number of rotatable bonds is 7. The lowest BCUT2D eigenvalue weighted by Gasteiger charge is -2.15. The Morgan fingerprint density at radius 3 is 2.39 bits per heavy atom. The fraction of sp³-hybridized carbons (Fsp3) is 0.214. The zero-order chi connectivity index (χ0) is 17.0. The Balaban J connectivity index is 2.60. The molecule has 9 heteroatoms. The third-order valence-corrected chi connectivity index (χ3v) is 4.02. The van der Waals surface area contributed by atoms with Gasteiger partial charge in [0.25, 0.3) is 10.0 Å². The van der Waals surface area contributed by atoms with E-state index in [1.807, 2.05) is 0 Å². The summed E-state index contributed by atoms with van der Waals surface area (Å²) in [6, 6.07) is 3.41. The van der Waals surface area contributed by atoms with E-state index in [1.54, 1.807) is 12.1 Å². The summed E-state index contributed by atoms with van der Waals surface area (Å²) >= 11 is 0. The third-order valence-electron chi connectivity index (χ3n) is 3.10. The second kappa shape index (κ2) is 6.61. The molecule has 2 N–H and O–H groups in total. The largest absolute Gasteiger partial charge is 0.493 e. The van der Waals surface area contributed by atoms with Gasteiger partial charge < -0.3 is 14.2 Å². The van der Waals surface area contributed by atoms with Crippen LogP contribution in [0.15, 0.2) is 30.3 Å². The number of ether oxygens (including phenoxy) is 3. The number of methoxy groups -OCH3 is 3. The van der Waals surface area contributed by atoms with Crippen molar-refractivity contribution in [2.75, 3.05) is 26.1 Å². The number of nitrogens with zero attached hydrogens (tertiary/aromatic N) is 1. The van der Waals surface area contributed by atoms with E-state index in [-0.39, 0.29) is 5.82 Å². The van der Waals surface area contributed by atoms with Crippen LogP contribution in [0.25, 0.3) is 11.1 Å². The van der Waals surface area contributed by atoms with Gasteiger partial charge in [0.1, 0.15) is 5.82 Å². The van der Waals surface area contributed by atoms with Gasteiger partial charge in [0.15, 0.2) is 11.5 Å². The zero-order valence-corrected chi connectivity index (χ0v) is 13.7. The van der Waals surface area contributed by atoms with Crippen molar-refractivity contribution < 1.29 is 22.6 Å². The molecular weight excluding hydrogens is 322 g/mol. The summed E-state index contributed by atoms with van der Waals surface area (Å²) < 4.78 is 41.6. The van der Waals surface area contributed by atoms with Crippen LogP contribution in [0.4, 0.5) is 5.82 Å². The molecule has 0 aliphatic carbocycles. The molecule has 0 fully saturated rings. The topological polar surface area (TPSA) is 103 Å². The molecule has 0 unspecified atom stereocenters. The van der Waals surface area contributed by atoms with Crippen LogP contribution in [0.3, 0.4) is 0 Å². The maximum Gasteiger partial charge on any atom is 0.255 e. The molecule has 0 saturated heterocycles. The summed E-state index contributed by atoms with van der Waals surface area (Å²) in [5.41, 5.74) is 1.08. The lowest BCUT2D eigenvalue weighted by Crippen LogP contribution is -2.09. The summed E-state index contributed by atoms with van der Waals surface area (Å²) in [6.07, 6.45) is 1.48. The van der Waals surface area contributed by atoms with Gasteiger partial charge in [0, 0.05) is 16.5 Å². The number of aromatic amines is 1. The summed E-state index contributed by atoms with van der Waals surface area (Å²) in [5.74, 6) is 1.47. The number of anilines is 1. The van der Waals surface area contributed by atoms with Crippen molar-refractivity contribution in [2.45, 2.75) is 0 Å². The summed E-state index contributed by atoms with van der Waals surface area (Å²) in [4.78, 5) is 0. The number of hydrogen-bond donors (Lipinski definition) is 2. The molecule has 1 aromatic heterocycles. The third kappa shape index (κ3) is 3.24. The van der Waals surface area contributed by atoms with Gasteiger partial charge in [-0.05, 0) is 12.1 Å². The van der Waals surface area contributed by atoms with E-state index < -0.39 is 10.0 Å². The van der Waals surface area contributed by atoms with E-state index in [0.29, 0.717) is 28.4 Å². The minimum Gasteiger partial charge on any atom is -0.493 e. The normalized spacial score (nSPS) is 10.9. The van der Waals surface area contributed by atoms with E-state index in [9.17, 15) is 8.42 Å². The van der Waals surface area contributed by atoms with Gasteiger partial charge in [-0.25, -0.2) is 8.42 Å². The monoisotopic (exact) mass is 339 g/mol. The van der Waals surface area contributed by atoms with Crippen molar-refractivity contribution in [3.63, 3.8) is 0 Å². The van der Waals surface area contributed by atoms with Gasteiger partial charge in [-0.3, -0.25) is 9.82 Å². The fourth-order valence-corrected chi connectivity index (χ4v) is 2.59. The van der Waals surface area contributed by atoms with Gasteiger partial charge in [-0.1, -0.05) is 6.58 Å². The maximum absolute atomic E-state index is 11.7. The van der Waals surface area contributed by atoms with E-state index in [0.717, 1.165) is 5.41 Å².